The van der Waals surface area contributed by atoms with Crippen LogP contribution in [0.4, 0.5) is 13.2 Å². The van der Waals surface area contributed by atoms with Gasteiger partial charge in [-0.15, -0.1) is 0 Å². The maximum absolute atomic E-state index is 14.9. The molecule has 40 heavy (non-hydrogen) atoms. The molecule has 3 aromatic carbocycles. The minimum absolute atomic E-state index is 0. The molecular weight excluding hydrogens is 515 g/mol. The molecule has 0 amide bonds. The summed E-state index contributed by atoms with van der Waals surface area (Å²) >= 11 is 0. The second-order valence-corrected chi connectivity index (χ2v) is 10.1. The van der Waals surface area contributed by atoms with Gasteiger partial charge < -0.3 is 14.6 Å². The number of likely N-dealkylation sites (tertiary alicyclic amines) is 1. The summed E-state index contributed by atoms with van der Waals surface area (Å²) in [6.45, 7) is 3.98. The molecule has 1 aliphatic carbocycles. The number of alkyl halides is 1. The third kappa shape index (κ3) is 6.47. The summed E-state index contributed by atoms with van der Waals surface area (Å²) in [7, 11) is 0. The van der Waals surface area contributed by atoms with Crippen LogP contribution in [0.15, 0.2) is 54.6 Å². The Morgan fingerprint density at radius 3 is 2.42 bits per heavy atom. The third-order valence-corrected chi connectivity index (χ3v) is 7.45. The number of halogens is 3. The van der Waals surface area contributed by atoms with Crippen LogP contribution in [0.2, 0.25) is 0 Å². The molecule has 1 heterocycles. The average Bonchev–Trinajstić information content (AvgIpc) is 3.28. The number of aryl methyl sites for hydroxylation is 1. The van der Waals surface area contributed by atoms with E-state index in [2.05, 4.69) is 4.90 Å². The molecule has 7 heteroatoms. The summed E-state index contributed by atoms with van der Waals surface area (Å²) < 4.78 is 53.8. The standard InChI is InChI=1S/C32H34F3NO3.CH4/c1-2-38-32-29(34)18-23(19-30(32)35)27-6-3-5-22-17-24(37)9-12-28(22)31(27)21-7-10-25(11-8-21)39-26-13-16-36(20-26)15-4-14-33;/h7-12,17-19,26,37H,2-6,13-16,20H2,1H3;1H4/t26-;/m0./s1. The number of phenols is 1. The highest BCUT2D eigenvalue weighted by Crippen LogP contribution is 2.42. The van der Waals surface area contributed by atoms with Gasteiger partial charge in [-0.2, -0.15) is 0 Å². The van der Waals surface area contributed by atoms with Gasteiger partial charge in [0, 0.05) is 19.6 Å². The number of benzene rings is 3. The van der Waals surface area contributed by atoms with Gasteiger partial charge in [0.2, 0.25) is 0 Å². The number of ether oxygens (including phenoxy) is 2. The third-order valence-electron chi connectivity index (χ3n) is 7.45. The fourth-order valence-corrected chi connectivity index (χ4v) is 5.68. The van der Waals surface area contributed by atoms with Crippen molar-refractivity contribution in [2.45, 2.75) is 52.6 Å². The van der Waals surface area contributed by atoms with E-state index in [0.717, 1.165) is 72.5 Å². The summed E-state index contributed by atoms with van der Waals surface area (Å²) in [6, 6.07) is 15.8. The van der Waals surface area contributed by atoms with Crippen LogP contribution in [0.5, 0.6) is 17.2 Å². The largest absolute Gasteiger partial charge is 0.508 e. The molecule has 1 saturated heterocycles. The predicted molar refractivity (Wildman–Crippen MR) is 154 cm³/mol. The number of fused-ring (bicyclic) bond motifs is 1. The van der Waals surface area contributed by atoms with Crippen molar-refractivity contribution < 1.29 is 27.8 Å². The van der Waals surface area contributed by atoms with Gasteiger partial charge in [-0.25, -0.2) is 8.78 Å². The number of hydrogen-bond acceptors (Lipinski definition) is 4. The van der Waals surface area contributed by atoms with Gasteiger partial charge in [-0.3, -0.25) is 9.29 Å². The number of allylic oxidation sites excluding steroid dienone is 1. The lowest BCUT2D eigenvalue weighted by Gasteiger charge is -2.19. The molecule has 214 valence electrons. The van der Waals surface area contributed by atoms with E-state index < -0.39 is 11.6 Å². The molecule has 0 spiro atoms. The Labute approximate surface area is 235 Å². The molecule has 3 aromatic rings. The first kappa shape index (κ1) is 29.5. The lowest BCUT2D eigenvalue weighted by atomic mass is 9.87. The highest BCUT2D eigenvalue weighted by Gasteiger charge is 2.25. The van der Waals surface area contributed by atoms with Gasteiger partial charge in [-0.05, 0) is 109 Å². The molecule has 0 bridgehead atoms. The molecule has 0 unspecified atom stereocenters. The van der Waals surface area contributed by atoms with Crippen molar-refractivity contribution in [2.75, 3.05) is 32.9 Å². The molecule has 0 saturated carbocycles. The SMILES string of the molecule is C.CCOc1c(F)cc(C2=C(c3ccc(O[C@H]4CCN(CCCF)C4)cc3)c3ccc(O)cc3CCC2)cc1F. The molecule has 1 aliphatic heterocycles. The zero-order chi connectivity index (χ0) is 27.4. The van der Waals surface area contributed by atoms with Gasteiger partial charge in [0.05, 0.1) is 13.3 Å². The van der Waals surface area contributed by atoms with Crippen LogP contribution in [0.1, 0.15) is 62.3 Å². The van der Waals surface area contributed by atoms with Crippen LogP contribution in [0.25, 0.3) is 11.1 Å². The first-order valence-electron chi connectivity index (χ1n) is 13.7. The fourth-order valence-electron chi connectivity index (χ4n) is 5.68. The van der Waals surface area contributed by atoms with Crippen molar-refractivity contribution >= 4 is 11.1 Å². The van der Waals surface area contributed by atoms with Gasteiger partial charge in [0.1, 0.15) is 17.6 Å². The van der Waals surface area contributed by atoms with E-state index in [1.807, 2.05) is 30.3 Å². The first-order valence-corrected chi connectivity index (χ1v) is 13.7. The van der Waals surface area contributed by atoms with Crippen molar-refractivity contribution in [3.8, 4) is 17.2 Å². The topological polar surface area (TPSA) is 41.9 Å². The van der Waals surface area contributed by atoms with Crippen molar-refractivity contribution in [3.05, 3.63) is 88.5 Å². The molecular formula is C33H38F3NO3. The Morgan fingerprint density at radius 2 is 1.73 bits per heavy atom. The van der Waals surface area contributed by atoms with Crippen LogP contribution in [-0.2, 0) is 6.42 Å². The normalized spacial score (nSPS) is 17.2. The highest BCUT2D eigenvalue weighted by molar-refractivity contribution is 6.00. The first-order chi connectivity index (χ1) is 19.0. The van der Waals surface area contributed by atoms with Crippen LogP contribution in [-0.4, -0.2) is 49.0 Å². The summed E-state index contributed by atoms with van der Waals surface area (Å²) in [5.41, 5.74) is 5.03. The number of phenolic OH excluding ortho intramolecular Hbond substituents is 1. The van der Waals surface area contributed by atoms with E-state index in [0.29, 0.717) is 18.4 Å². The summed E-state index contributed by atoms with van der Waals surface area (Å²) in [5.74, 6) is -0.880. The van der Waals surface area contributed by atoms with Gasteiger partial charge in [0.15, 0.2) is 17.4 Å². The van der Waals surface area contributed by atoms with Crippen molar-refractivity contribution in [2.24, 2.45) is 0 Å². The Kier molecular flexibility index (Phi) is 9.80. The van der Waals surface area contributed by atoms with Crippen LogP contribution >= 0.6 is 0 Å². The molecule has 2 aliphatic rings. The van der Waals surface area contributed by atoms with E-state index in [1.165, 1.54) is 12.1 Å². The van der Waals surface area contributed by atoms with Crippen molar-refractivity contribution in [1.29, 1.82) is 0 Å². The Hall–Kier alpha value is -3.45. The molecule has 1 atom stereocenters. The molecule has 1 N–H and O–H groups in total. The summed E-state index contributed by atoms with van der Waals surface area (Å²) in [4.78, 5) is 2.22. The van der Waals surface area contributed by atoms with Crippen LogP contribution < -0.4 is 9.47 Å². The summed E-state index contributed by atoms with van der Waals surface area (Å²) in [6.07, 6.45) is 3.62. The molecule has 4 nitrogen and oxygen atoms in total. The van der Waals surface area contributed by atoms with Crippen molar-refractivity contribution in [3.63, 3.8) is 0 Å². The number of hydrogen-bond donors (Lipinski definition) is 1. The van der Waals surface area contributed by atoms with E-state index in [4.69, 9.17) is 9.47 Å². The second-order valence-electron chi connectivity index (χ2n) is 10.1. The monoisotopic (exact) mass is 553 g/mol. The van der Waals surface area contributed by atoms with E-state index >= 15 is 0 Å². The highest BCUT2D eigenvalue weighted by atomic mass is 19.1. The molecule has 0 radical (unpaired) electrons. The van der Waals surface area contributed by atoms with E-state index in [-0.39, 0.29) is 38.3 Å². The number of aromatic hydroxyl groups is 1. The van der Waals surface area contributed by atoms with Crippen LogP contribution in [0.3, 0.4) is 0 Å². The quantitative estimate of drug-likeness (QED) is 0.293. The Balaban J connectivity index is 0.00000370. The van der Waals surface area contributed by atoms with Gasteiger partial charge >= 0.3 is 0 Å². The van der Waals surface area contributed by atoms with E-state index in [9.17, 15) is 18.3 Å². The minimum atomic E-state index is -0.727. The number of rotatable bonds is 9. The molecule has 0 aromatic heterocycles. The van der Waals surface area contributed by atoms with Crippen molar-refractivity contribution in [1.82, 2.24) is 4.90 Å². The maximum Gasteiger partial charge on any atom is 0.190 e. The summed E-state index contributed by atoms with van der Waals surface area (Å²) in [5, 5.41) is 10.1. The zero-order valence-corrected chi connectivity index (χ0v) is 22.2. The van der Waals surface area contributed by atoms with Gasteiger partial charge in [-0.1, -0.05) is 25.6 Å². The predicted octanol–water partition coefficient (Wildman–Crippen LogP) is 7.81. The second kappa shape index (κ2) is 13.3. The smallest absolute Gasteiger partial charge is 0.190 e. The molecule has 5 rings (SSSR count). The Bertz CT molecular complexity index is 1320. The Morgan fingerprint density at radius 1 is 0.975 bits per heavy atom. The average molecular weight is 554 g/mol. The maximum atomic E-state index is 14.9. The van der Waals surface area contributed by atoms with Gasteiger partial charge in [0.25, 0.3) is 0 Å². The fraction of sp³-hybridized carbons (Fsp3) is 0.394. The lowest BCUT2D eigenvalue weighted by Crippen LogP contribution is -2.26. The van der Waals surface area contributed by atoms with Crippen LogP contribution in [0, 0.1) is 11.6 Å². The minimum Gasteiger partial charge on any atom is -0.508 e. The molecule has 1 fully saturated rings. The number of nitrogens with zero attached hydrogens (tertiary/aromatic N) is 1. The van der Waals surface area contributed by atoms with E-state index in [1.54, 1.807) is 19.1 Å². The lowest BCUT2D eigenvalue weighted by molar-refractivity contribution is 0.198. The zero-order valence-electron chi connectivity index (χ0n) is 22.2.